The Hall–Kier alpha value is -4.00. The van der Waals surface area contributed by atoms with Crippen molar-refractivity contribution in [3.05, 3.63) is 95.8 Å². The fraction of sp³-hybridized carbons (Fsp3) is 0.130. The third kappa shape index (κ3) is 3.91. The second-order valence-electron chi connectivity index (χ2n) is 6.75. The molecule has 7 heteroatoms. The fourth-order valence-electron chi connectivity index (χ4n) is 3.26. The van der Waals surface area contributed by atoms with Crippen LogP contribution in [0.15, 0.2) is 73.2 Å². The zero-order valence-corrected chi connectivity index (χ0v) is 16.5. The zero-order valence-electron chi connectivity index (χ0n) is 16.5. The number of aromatic nitrogens is 3. The van der Waals surface area contributed by atoms with Crippen molar-refractivity contribution in [2.45, 2.75) is 19.9 Å². The molecule has 2 N–H and O–H groups in total. The number of imidazole rings is 1. The Kier molecular flexibility index (Phi) is 5.52. The van der Waals surface area contributed by atoms with Gasteiger partial charge in [0.2, 0.25) is 5.82 Å². The summed E-state index contributed by atoms with van der Waals surface area (Å²) in [6.07, 6.45) is 5.88. The summed E-state index contributed by atoms with van der Waals surface area (Å²) in [5.41, 5.74) is 3.41. The van der Waals surface area contributed by atoms with Crippen molar-refractivity contribution >= 4 is 23.0 Å². The number of pyridine rings is 2. The summed E-state index contributed by atoms with van der Waals surface area (Å²) >= 11 is 0. The lowest BCUT2D eigenvalue weighted by Crippen LogP contribution is -2.25. The first-order valence-electron chi connectivity index (χ1n) is 9.71. The lowest BCUT2D eigenvalue weighted by Gasteiger charge is -2.08. The van der Waals surface area contributed by atoms with Crippen molar-refractivity contribution in [2.24, 2.45) is 0 Å². The molecule has 0 unspecified atom stereocenters. The number of aryl methyl sites for hydroxylation is 1. The van der Waals surface area contributed by atoms with Crippen molar-refractivity contribution in [3.8, 4) is 0 Å². The van der Waals surface area contributed by atoms with E-state index in [1.165, 1.54) is 0 Å². The van der Waals surface area contributed by atoms with Gasteiger partial charge in [-0.3, -0.25) is 19.0 Å². The van der Waals surface area contributed by atoms with Gasteiger partial charge in [0, 0.05) is 30.8 Å². The molecule has 0 radical (unpaired) electrons. The summed E-state index contributed by atoms with van der Waals surface area (Å²) in [5, 5.41) is 5.76. The van der Waals surface area contributed by atoms with E-state index in [2.05, 4.69) is 20.6 Å². The molecule has 150 valence electrons. The van der Waals surface area contributed by atoms with Gasteiger partial charge in [-0.1, -0.05) is 37.3 Å². The second kappa shape index (κ2) is 8.57. The highest BCUT2D eigenvalue weighted by atomic mass is 16.2. The first-order valence-corrected chi connectivity index (χ1v) is 9.71. The van der Waals surface area contributed by atoms with Gasteiger partial charge in [-0.2, -0.15) is 0 Å². The van der Waals surface area contributed by atoms with E-state index < -0.39 is 0 Å². The maximum Gasteiger partial charge on any atom is 0.287 e. The number of nitrogens with zero attached hydrogens (tertiary/aromatic N) is 3. The average Bonchev–Trinajstić information content (AvgIpc) is 3.18. The monoisotopic (exact) mass is 399 g/mol. The molecule has 2 amide bonds. The molecule has 4 aromatic rings. The van der Waals surface area contributed by atoms with E-state index in [1.54, 1.807) is 35.1 Å². The minimum atomic E-state index is -0.368. The highest BCUT2D eigenvalue weighted by Gasteiger charge is 2.21. The van der Waals surface area contributed by atoms with Crippen molar-refractivity contribution in [1.29, 1.82) is 0 Å². The van der Waals surface area contributed by atoms with Gasteiger partial charge in [0.25, 0.3) is 11.8 Å². The Labute approximate surface area is 173 Å². The summed E-state index contributed by atoms with van der Waals surface area (Å²) in [4.78, 5) is 34.2. The third-order valence-corrected chi connectivity index (χ3v) is 4.79. The van der Waals surface area contributed by atoms with Crippen LogP contribution < -0.4 is 10.6 Å². The Morgan fingerprint density at radius 2 is 1.83 bits per heavy atom. The van der Waals surface area contributed by atoms with Gasteiger partial charge in [-0.25, -0.2) is 4.98 Å². The van der Waals surface area contributed by atoms with Crippen LogP contribution in [0.2, 0.25) is 0 Å². The molecule has 7 nitrogen and oxygen atoms in total. The number of benzene rings is 1. The summed E-state index contributed by atoms with van der Waals surface area (Å²) in [5.74, 6) is -0.567. The van der Waals surface area contributed by atoms with E-state index in [-0.39, 0.29) is 23.3 Å². The Morgan fingerprint density at radius 3 is 2.63 bits per heavy atom. The molecule has 3 aromatic heterocycles. The molecule has 0 saturated heterocycles. The lowest BCUT2D eigenvalue weighted by molar-refractivity contribution is 0.0940. The van der Waals surface area contributed by atoms with Crippen molar-refractivity contribution in [3.63, 3.8) is 0 Å². The van der Waals surface area contributed by atoms with E-state index in [9.17, 15) is 9.59 Å². The van der Waals surface area contributed by atoms with Gasteiger partial charge >= 0.3 is 0 Å². The number of hydrogen-bond donors (Lipinski definition) is 2. The minimum Gasteiger partial charge on any atom is -0.345 e. The predicted molar refractivity (Wildman–Crippen MR) is 114 cm³/mol. The zero-order chi connectivity index (χ0) is 20.9. The van der Waals surface area contributed by atoms with Crippen LogP contribution in [0.4, 0.5) is 5.69 Å². The summed E-state index contributed by atoms with van der Waals surface area (Å²) in [6.45, 7) is 2.35. The van der Waals surface area contributed by atoms with Gasteiger partial charge in [-0.15, -0.1) is 0 Å². The molecule has 1 aromatic carbocycles. The fourth-order valence-corrected chi connectivity index (χ4v) is 3.26. The Morgan fingerprint density at radius 1 is 1.00 bits per heavy atom. The van der Waals surface area contributed by atoms with Crippen LogP contribution in [-0.4, -0.2) is 26.2 Å². The number of carbonyl (C=O) groups excluding carboxylic acids is 2. The quantitative estimate of drug-likeness (QED) is 0.520. The largest absolute Gasteiger partial charge is 0.345 e. The van der Waals surface area contributed by atoms with Crippen molar-refractivity contribution in [2.75, 3.05) is 5.32 Å². The molecule has 3 heterocycles. The maximum absolute atomic E-state index is 13.0. The van der Waals surface area contributed by atoms with Gasteiger partial charge in [0.05, 0.1) is 5.52 Å². The molecular weight excluding hydrogens is 378 g/mol. The standard InChI is InChI=1S/C23H21N5O2/c1-2-17-9-3-4-10-18(17)26-22(29)20-19-11-5-6-13-28(19)21(27-20)23(30)25-15-16-8-7-12-24-14-16/h3-14H,2,15H2,1H3,(H,25,30)(H,26,29). The van der Waals surface area contributed by atoms with Crippen LogP contribution in [0, 0.1) is 0 Å². The lowest BCUT2D eigenvalue weighted by atomic mass is 10.1. The molecule has 0 aliphatic rings. The molecule has 0 bridgehead atoms. The van der Waals surface area contributed by atoms with Crippen LogP contribution in [-0.2, 0) is 13.0 Å². The van der Waals surface area contributed by atoms with Crippen molar-refractivity contribution in [1.82, 2.24) is 19.7 Å². The second-order valence-corrected chi connectivity index (χ2v) is 6.75. The normalized spacial score (nSPS) is 10.7. The van der Waals surface area contributed by atoms with Crippen molar-refractivity contribution < 1.29 is 9.59 Å². The molecule has 0 spiro atoms. The molecule has 0 fully saturated rings. The number of anilines is 1. The Bertz CT molecular complexity index is 1200. The van der Waals surface area contributed by atoms with Crippen LogP contribution in [0.25, 0.3) is 5.52 Å². The minimum absolute atomic E-state index is 0.156. The first kappa shape index (κ1) is 19.3. The van der Waals surface area contributed by atoms with Crippen LogP contribution in [0.1, 0.15) is 39.2 Å². The van der Waals surface area contributed by atoms with Gasteiger partial charge in [-0.05, 0) is 41.8 Å². The molecule has 0 aliphatic heterocycles. The number of amides is 2. The predicted octanol–water partition coefficient (Wildman–Crippen LogP) is 3.47. The summed E-state index contributed by atoms with van der Waals surface area (Å²) in [6, 6.07) is 16.7. The van der Waals surface area contributed by atoms with Crippen LogP contribution in [0.5, 0.6) is 0 Å². The van der Waals surface area contributed by atoms with E-state index in [0.29, 0.717) is 12.1 Å². The topological polar surface area (TPSA) is 88.4 Å². The number of hydrogen-bond acceptors (Lipinski definition) is 4. The maximum atomic E-state index is 13.0. The van der Waals surface area contributed by atoms with Crippen LogP contribution in [0.3, 0.4) is 0 Å². The summed E-state index contributed by atoms with van der Waals surface area (Å²) in [7, 11) is 0. The SMILES string of the molecule is CCc1ccccc1NC(=O)c1nc(C(=O)NCc2cccnc2)n2ccccc12. The van der Waals surface area contributed by atoms with Gasteiger partial charge in [0.15, 0.2) is 5.69 Å². The molecular formula is C23H21N5O2. The third-order valence-electron chi connectivity index (χ3n) is 4.79. The molecule has 0 aliphatic carbocycles. The first-order chi connectivity index (χ1) is 14.7. The average molecular weight is 399 g/mol. The molecule has 0 atom stereocenters. The number of fused-ring (bicyclic) bond motifs is 1. The smallest absolute Gasteiger partial charge is 0.287 e. The van der Waals surface area contributed by atoms with E-state index in [1.807, 2.05) is 49.4 Å². The molecule has 30 heavy (non-hydrogen) atoms. The van der Waals surface area contributed by atoms with Gasteiger partial charge < -0.3 is 10.6 Å². The highest BCUT2D eigenvalue weighted by Crippen LogP contribution is 2.19. The summed E-state index contributed by atoms with van der Waals surface area (Å²) < 4.78 is 1.62. The highest BCUT2D eigenvalue weighted by molar-refractivity contribution is 6.09. The Balaban J connectivity index is 1.62. The van der Waals surface area contributed by atoms with E-state index in [4.69, 9.17) is 0 Å². The van der Waals surface area contributed by atoms with E-state index in [0.717, 1.165) is 23.2 Å². The van der Waals surface area contributed by atoms with Gasteiger partial charge in [0.1, 0.15) is 0 Å². The molecule has 0 saturated carbocycles. The number of carbonyl (C=O) groups is 2. The van der Waals surface area contributed by atoms with E-state index >= 15 is 0 Å². The molecule has 4 rings (SSSR count). The number of para-hydroxylation sites is 1. The van der Waals surface area contributed by atoms with Crippen LogP contribution >= 0.6 is 0 Å². The number of nitrogens with one attached hydrogen (secondary N) is 2. The number of rotatable bonds is 6.